The van der Waals surface area contributed by atoms with Gasteiger partial charge in [0.05, 0.1) is 24.8 Å². The molecule has 1 atom stereocenters. The highest BCUT2D eigenvalue weighted by Crippen LogP contribution is 2.40. The Kier molecular flexibility index (Phi) is 7.68. The molecule has 1 aliphatic rings. The topological polar surface area (TPSA) is 85.3 Å². The molecule has 0 aromatic heterocycles. The van der Waals surface area contributed by atoms with Gasteiger partial charge in [-0.25, -0.2) is 0 Å². The van der Waals surface area contributed by atoms with E-state index in [2.05, 4.69) is 6.58 Å². The molecule has 1 aliphatic heterocycles. The van der Waals surface area contributed by atoms with Crippen molar-refractivity contribution in [3.63, 3.8) is 0 Å². The first-order chi connectivity index (χ1) is 15.5. The summed E-state index contributed by atoms with van der Waals surface area (Å²) >= 11 is 0. The van der Waals surface area contributed by atoms with Crippen LogP contribution in [-0.4, -0.2) is 55.2 Å². The van der Waals surface area contributed by atoms with Gasteiger partial charge >= 0.3 is 0 Å². The summed E-state index contributed by atoms with van der Waals surface area (Å²) in [5.74, 6) is -0.446. The summed E-state index contributed by atoms with van der Waals surface area (Å²) in [6.07, 6.45) is 1.63. The summed E-state index contributed by atoms with van der Waals surface area (Å²) in [7, 11) is 1.53. The first-order valence-corrected chi connectivity index (χ1v) is 10.4. The van der Waals surface area contributed by atoms with Crippen molar-refractivity contribution < 1.29 is 28.9 Å². The fraction of sp³-hybridized carbons (Fsp3) is 0.280. The third kappa shape index (κ3) is 4.84. The van der Waals surface area contributed by atoms with Crippen LogP contribution in [0, 0.1) is 0 Å². The van der Waals surface area contributed by atoms with Crippen molar-refractivity contribution >= 4 is 17.4 Å². The minimum Gasteiger partial charge on any atom is -0.507 e. The van der Waals surface area contributed by atoms with E-state index in [1.807, 2.05) is 6.92 Å². The third-order valence-corrected chi connectivity index (χ3v) is 5.06. The number of methoxy groups -OCH3 is 1. The average Bonchev–Trinajstić information content (AvgIpc) is 3.06. The second-order valence-corrected chi connectivity index (χ2v) is 7.11. The van der Waals surface area contributed by atoms with Crippen LogP contribution < -0.4 is 9.47 Å². The highest BCUT2D eigenvalue weighted by atomic mass is 16.5. The van der Waals surface area contributed by atoms with Gasteiger partial charge in [-0.2, -0.15) is 0 Å². The fourth-order valence-corrected chi connectivity index (χ4v) is 3.61. The zero-order valence-electron chi connectivity index (χ0n) is 18.2. The molecule has 3 rings (SSSR count). The summed E-state index contributed by atoms with van der Waals surface area (Å²) in [5.41, 5.74) is 1.10. The minimum atomic E-state index is -0.762. The number of hydrogen-bond acceptors (Lipinski definition) is 6. The highest BCUT2D eigenvalue weighted by Gasteiger charge is 2.46. The van der Waals surface area contributed by atoms with Gasteiger partial charge in [-0.05, 0) is 48.9 Å². The van der Waals surface area contributed by atoms with Crippen LogP contribution in [0.25, 0.3) is 5.76 Å². The summed E-state index contributed by atoms with van der Waals surface area (Å²) in [6.45, 7) is 6.77. The number of ether oxygens (including phenoxy) is 3. The molecular formula is C25H27NO6. The molecule has 168 valence electrons. The first-order valence-electron chi connectivity index (χ1n) is 10.4. The zero-order valence-corrected chi connectivity index (χ0v) is 18.2. The predicted molar refractivity (Wildman–Crippen MR) is 121 cm³/mol. The van der Waals surface area contributed by atoms with Gasteiger partial charge in [-0.3, -0.25) is 9.59 Å². The largest absolute Gasteiger partial charge is 0.507 e. The molecule has 0 bridgehead atoms. The number of likely N-dealkylation sites (tertiary alicyclic amines) is 1. The van der Waals surface area contributed by atoms with Crippen LogP contribution in [0.4, 0.5) is 0 Å². The number of hydrogen-bond donors (Lipinski definition) is 1. The average molecular weight is 437 g/mol. The molecule has 1 saturated heterocycles. The van der Waals surface area contributed by atoms with Crippen molar-refractivity contribution in [3.05, 3.63) is 77.9 Å². The molecule has 7 nitrogen and oxygen atoms in total. The molecular weight excluding hydrogens is 410 g/mol. The Hall–Kier alpha value is -3.58. The Bertz CT molecular complexity index is 1010. The van der Waals surface area contributed by atoms with E-state index in [0.29, 0.717) is 35.8 Å². The van der Waals surface area contributed by atoms with E-state index in [4.69, 9.17) is 14.2 Å². The molecule has 1 heterocycles. The number of benzene rings is 2. The molecule has 32 heavy (non-hydrogen) atoms. The van der Waals surface area contributed by atoms with Crippen molar-refractivity contribution in [2.45, 2.75) is 13.0 Å². The van der Waals surface area contributed by atoms with E-state index in [1.54, 1.807) is 54.6 Å². The van der Waals surface area contributed by atoms with Crippen LogP contribution in [0.1, 0.15) is 24.1 Å². The van der Waals surface area contributed by atoms with Gasteiger partial charge in [-0.1, -0.05) is 24.8 Å². The molecule has 1 unspecified atom stereocenters. The van der Waals surface area contributed by atoms with E-state index in [-0.39, 0.29) is 24.5 Å². The SMILES string of the molecule is C=CCOc1ccc(/C(O)=C2\C(=O)C(=O)N(CCOC)C2c2cccc(OCC)c2)cc1. The van der Waals surface area contributed by atoms with E-state index in [0.717, 1.165) is 0 Å². The maximum atomic E-state index is 13.0. The number of rotatable bonds is 10. The fourth-order valence-electron chi connectivity index (χ4n) is 3.61. The molecule has 2 aromatic carbocycles. The molecule has 1 amide bonds. The standard InChI is InChI=1S/C25H27NO6/c1-4-14-32-19-11-9-17(10-12-19)23(27)21-22(18-7-6-8-20(16-18)31-5-2)26(13-15-30-3)25(29)24(21)28/h4,6-12,16,22,27H,1,5,13-15H2,2-3H3/b23-21+. The molecule has 0 radical (unpaired) electrons. The summed E-state index contributed by atoms with van der Waals surface area (Å²) in [5, 5.41) is 11.1. The lowest BCUT2D eigenvalue weighted by atomic mass is 9.95. The number of Topliss-reactive ketones (excluding diaryl/α,β-unsaturated/α-hetero) is 1. The van der Waals surface area contributed by atoms with Gasteiger partial charge in [0, 0.05) is 19.2 Å². The number of carbonyl (C=O) groups excluding carboxylic acids is 2. The summed E-state index contributed by atoms with van der Waals surface area (Å²) < 4.78 is 16.2. The normalized spacial score (nSPS) is 17.4. The van der Waals surface area contributed by atoms with Gasteiger partial charge in [0.2, 0.25) is 0 Å². The maximum Gasteiger partial charge on any atom is 0.295 e. The van der Waals surface area contributed by atoms with Crippen LogP contribution >= 0.6 is 0 Å². The van der Waals surface area contributed by atoms with Gasteiger partial charge < -0.3 is 24.2 Å². The summed E-state index contributed by atoms with van der Waals surface area (Å²) in [4.78, 5) is 27.2. The number of carbonyl (C=O) groups is 2. The Balaban J connectivity index is 2.07. The first kappa shape index (κ1) is 23.1. The molecule has 7 heteroatoms. The number of aliphatic hydroxyl groups is 1. The molecule has 1 fully saturated rings. The van der Waals surface area contributed by atoms with Crippen LogP contribution in [0.2, 0.25) is 0 Å². The van der Waals surface area contributed by atoms with E-state index < -0.39 is 17.7 Å². The smallest absolute Gasteiger partial charge is 0.295 e. The van der Waals surface area contributed by atoms with Gasteiger partial charge in [0.1, 0.15) is 23.9 Å². The highest BCUT2D eigenvalue weighted by molar-refractivity contribution is 6.46. The monoisotopic (exact) mass is 437 g/mol. The molecule has 0 saturated carbocycles. The number of amides is 1. The van der Waals surface area contributed by atoms with Gasteiger partial charge in [-0.15, -0.1) is 0 Å². The van der Waals surface area contributed by atoms with Gasteiger partial charge in [0.25, 0.3) is 11.7 Å². The number of ketones is 1. The minimum absolute atomic E-state index is 0.0273. The van der Waals surface area contributed by atoms with Crippen molar-refractivity contribution in [2.24, 2.45) is 0 Å². The summed E-state index contributed by atoms with van der Waals surface area (Å²) in [6, 6.07) is 13.1. The van der Waals surface area contributed by atoms with Crippen molar-refractivity contribution in [1.82, 2.24) is 4.90 Å². The molecule has 0 spiro atoms. The molecule has 1 N–H and O–H groups in total. The van der Waals surface area contributed by atoms with Crippen LogP contribution in [0.5, 0.6) is 11.5 Å². The third-order valence-electron chi connectivity index (χ3n) is 5.06. The predicted octanol–water partition coefficient (Wildman–Crippen LogP) is 3.72. The zero-order chi connectivity index (χ0) is 23.1. The lowest BCUT2D eigenvalue weighted by molar-refractivity contribution is -0.140. The Labute approximate surface area is 187 Å². The van der Waals surface area contributed by atoms with E-state index in [9.17, 15) is 14.7 Å². The van der Waals surface area contributed by atoms with Crippen LogP contribution in [0.3, 0.4) is 0 Å². The second kappa shape index (κ2) is 10.6. The molecule has 2 aromatic rings. The van der Waals surface area contributed by atoms with Crippen molar-refractivity contribution in [2.75, 3.05) is 33.5 Å². The lowest BCUT2D eigenvalue weighted by Crippen LogP contribution is -2.32. The Morgan fingerprint density at radius 2 is 1.88 bits per heavy atom. The lowest BCUT2D eigenvalue weighted by Gasteiger charge is -2.25. The quantitative estimate of drug-likeness (QED) is 0.264. The maximum absolute atomic E-state index is 13.0. The second-order valence-electron chi connectivity index (χ2n) is 7.11. The van der Waals surface area contributed by atoms with Crippen LogP contribution in [-0.2, 0) is 14.3 Å². The van der Waals surface area contributed by atoms with Crippen LogP contribution in [0.15, 0.2) is 66.8 Å². The Morgan fingerprint density at radius 1 is 1.12 bits per heavy atom. The van der Waals surface area contributed by atoms with Gasteiger partial charge in [0.15, 0.2) is 0 Å². The van der Waals surface area contributed by atoms with Crippen molar-refractivity contribution in [3.8, 4) is 11.5 Å². The van der Waals surface area contributed by atoms with E-state index in [1.165, 1.54) is 12.0 Å². The number of aliphatic hydroxyl groups excluding tert-OH is 1. The Morgan fingerprint density at radius 3 is 2.53 bits per heavy atom. The molecule has 0 aliphatic carbocycles. The van der Waals surface area contributed by atoms with Crippen molar-refractivity contribution in [1.29, 1.82) is 0 Å². The van der Waals surface area contributed by atoms with E-state index >= 15 is 0 Å². The number of nitrogens with zero attached hydrogens (tertiary/aromatic N) is 1.